The van der Waals surface area contributed by atoms with Gasteiger partial charge in [-0.25, -0.2) is 0 Å². The summed E-state index contributed by atoms with van der Waals surface area (Å²) in [5, 5.41) is 14.5. The Bertz CT molecular complexity index is 490. The van der Waals surface area contributed by atoms with Gasteiger partial charge < -0.3 is 10.2 Å². The largest absolute Gasteiger partial charge is 0.346 e. The van der Waals surface area contributed by atoms with Crippen LogP contribution in [-0.4, -0.2) is 27.5 Å². The third-order valence-electron chi connectivity index (χ3n) is 3.69. The molecule has 0 spiro atoms. The van der Waals surface area contributed by atoms with Crippen molar-refractivity contribution in [2.45, 2.75) is 38.6 Å². The molecule has 1 saturated heterocycles. The van der Waals surface area contributed by atoms with Gasteiger partial charge in [-0.1, -0.05) is 6.92 Å². The number of benzene rings is 1. The maximum atomic E-state index is 10.6. The number of non-ortho nitro benzene ring substituents is 1. The van der Waals surface area contributed by atoms with Crippen molar-refractivity contribution >= 4 is 28.7 Å². The number of hydrogen-bond acceptors (Lipinski definition) is 3. The van der Waals surface area contributed by atoms with E-state index >= 15 is 0 Å². The molecule has 1 N–H and O–H groups in total. The van der Waals surface area contributed by atoms with Gasteiger partial charge in [0.2, 0.25) is 0 Å². The first-order valence-corrected chi connectivity index (χ1v) is 7.34. The Hall–Kier alpha value is -1.69. The minimum absolute atomic E-state index is 0.0888. The highest BCUT2D eigenvalue weighted by Gasteiger charge is 2.22. The van der Waals surface area contributed by atoms with E-state index in [1.54, 1.807) is 12.1 Å². The van der Waals surface area contributed by atoms with Crippen LogP contribution >= 0.6 is 12.2 Å². The summed E-state index contributed by atoms with van der Waals surface area (Å²) in [6, 6.07) is 6.85. The smallest absolute Gasteiger partial charge is 0.269 e. The Morgan fingerprint density at radius 1 is 1.45 bits per heavy atom. The number of hydrogen-bond donors (Lipinski definition) is 1. The van der Waals surface area contributed by atoms with Gasteiger partial charge in [0, 0.05) is 30.4 Å². The number of likely N-dealkylation sites (tertiary alicyclic amines) is 1. The standard InChI is InChI=1S/C14H19N3O2S/c1-2-12-5-3-4-10-16(12)14(20)15-11-6-8-13(9-7-11)17(18)19/h6-9,12H,2-5,10H2,1H3,(H,15,20)/t12-/m1/s1. The summed E-state index contributed by atoms with van der Waals surface area (Å²) in [4.78, 5) is 12.4. The second-order valence-electron chi connectivity index (χ2n) is 4.99. The molecule has 1 atom stereocenters. The van der Waals surface area contributed by atoms with Gasteiger partial charge in [-0.05, 0) is 50.0 Å². The molecule has 1 aromatic carbocycles. The second-order valence-corrected chi connectivity index (χ2v) is 5.37. The molecule has 0 amide bonds. The molecule has 5 nitrogen and oxygen atoms in total. The van der Waals surface area contributed by atoms with E-state index in [1.165, 1.54) is 31.4 Å². The van der Waals surface area contributed by atoms with E-state index in [2.05, 4.69) is 17.1 Å². The maximum absolute atomic E-state index is 10.6. The van der Waals surface area contributed by atoms with Gasteiger partial charge in [-0.3, -0.25) is 10.1 Å². The van der Waals surface area contributed by atoms with E-state index in [0.717, 1.165) is 18.7 Å². The lowest BCUT2D eigenvalue weighted by Crippen LogP contribution is -2.45. The lowest BCUT2D eigenvalue weighted by atomic mass is 10.0. The average Bonchev–Trinajstić information content (AvgIpc) is 2.47. The fraction of sp³-hybridized carbons (Fsp3) is 0.500. The van der Waals surface area contributed by atoms with Crippen molar-refractivity contribution in [3.05, 3.63) is 34.4 Å². The van der Waals surface area contributed by atoms with Crippen molar-refractivity contribution in [3.8, 4) is 0 Å². The van der Waals surface area contributed by atoms with E-state index in [9.17, 15) is 10.1 Å². The zero-order valence-corrected chi connectivity index (χ0v) is 12.4. The number of nitrogens with zero attached hydrogens (tertiary/aromatic N) is 2. The topological polar surface area (TPSA) is 58.4 Å². The number of nitrogens with one attached hydrogen (secondary N) is 1. The normalized spacial score (nSPS) is 18.6. The second kappa shape index (κ2) is 6.65. The molecule has 0 saturated carbocycles. The van der Waals surface area contributed by atoms with Crippen molar-refractivity contribution < 1.29 is 4.92 Å². The number of nitro benzene ring substituents is 1. The molecular weight excluding hydrogens is 274 g/mol. The van der Waals surface area contributed by atoms with Crippen LogP contribution in [0.4, 0.5) is 11.4 Å². The number of thiocarbonyl (C=S) groups is 1. The van der Waals surface area contributed by atoms with Gasteiger partial charge in [-0.15, -0.1) is 0 Å². The van der Waals surface area contributed by atoms with E-state index in [0.29, 0.717) is 11.2 Å². The number of rotatable bonds is 3. The monoisotopic (exact) mass is 293 g/mol. The molecule has 6 heteroatoms. The highest BCUT2D eigenvalue weighted by Crippen LogP contribution is 2.21. The van der Waals surface area contributed by atoms with Gasteiger partial charge in [-0.2, -0.15) is 0 Å². The van der Waals surface area contributed by atoms with Crippen molar-refractivity contribution in [2.24, 2.45) is 0 Å². The number of nitro groups is 1. The molecular formula is C14H19N3O2S. The van der Waals surface area contributed by atoms with Crippen LogP contribution in [0.15, 0.2) is 24.3 Å². The van der Waals surface area contributed by atoms with Gasteiger partial charge in [0.1, 0.15) is 0 Å². The minimum atomic E-state index is -0.403. The maximum Gasteiger partial charge on any atom is 0.269 e. The molecule has 0 unspecified atom stereocenters. The molecule has 1 fully saturated rings. The summed E-state index contributed by atoms with van der Waals surface area (Å²) < 4.78 is 0. The summed E-state index contributed by atoms with van der Waals surface area (Å²) >= 11 is 5.46. The summed E-state index contributed by atoms with van der Waals surface area (Å²) in [6.07, 6.45) is 4.69. The van der Waals surface area contributed by atoms with Gasteiger partial charge in [0.25, 0.3) is 5.69 Å². The van der Waals surface area contributed by atoms with Crippen LogP contribution in [0.1, 0.15) is 32.6 Å². The van der Waals surface area contributed by atoms with Crippen LogP contribution in [0, 0.1) is 10.1 Å². The van der Waals surface area contributed by atoms with Crippen molar-refractivity contribution in [1.82, 2.24) is 4.90 Å². The summed E-state index contributed by atoms with van der Waals surface area (Å²) in [7, 11) is 0. The van der Waals surface area contributed by atoms with Crippen LogP contribution in [0.2, 0.25) is 0 Å². The first-order valence-electron chi connectivity index (χ1n) is 6.94. The molecule has 1 heterocycles. The molecule has 1 aliphatic heterocycles. The Labute approximate surface area is 124 Å². The lowest BCUT2D eigenvalue weighted by Gasteiger charge is -2.37. The lowest BCUT2D eigenvalue weighted by molar-refractivity contribution is -0.384. The van der Waals surface area contributed by atoms with Crippen molar-refractivity contribution in [1.29, 1.82) is 0 Å². The SMILES string of the molecule is CC[C@@H]1CCCCN1C(=S)Nc1ccc([N+](=O)[O-])cc1. The van der Waals surface area contributed by atoms with Crippen LogP contribution in [-0.2, 0) is 0 Å². The minimum Gasteiger partial charge on any atom is -0.346 e. The predicted molar refractivity (Wildman–Crippen MR) is 84.0 cm³/mol. The predicted octanol–water partition coefficient (Wildman–Crippen LogP) is 3.56. The van der Waals surface area contributed by atoms with E-state index in [1.807, 2.05) is 0 Å². The Kier molecular flexibility index (Phi) is 4.89. The third kappa shape index (κ3) is 3.45. The van der Waals surface area contributed by atoms with E-state index < -0.39 is 4.92 Å². The Balaban J connectivity index is 2.01. The molecule has 1 aromatic rings. The number of anilines is 1. The molecule has 1 aliphatic rings. The molecule has 0 aliphatic carbocycles. The Morgan fingerprint density at radius 3 is 2.75 bits per heavy atom. The fourth-order valence-electron chi connectivity index (χ4n) is 2.55. The van der Waals surface area contributed by atoms with Crippen LogP contribution in [0.3, 0.4) is 0 Å². The van der Waals surface area contributed by atoms with Gasteiger partial charge in [0.15, 0.2) is 5.11 Å². The Morgan fingerprint density at radius 2 is 2.15 bits per heavy atom. The summed E-state index contributed by atoms with van der Waals surface area (Å²) in [5.41, 5.74) is 0.881. The molecule has 2 rings (SSSR count). The molecule has 0 radical (unpaired) electrons. The van der Waals surface area contributed by atoms with Gasteiger partial charge >= 0.3 is 0 Å². The zero-order valence-electron chi connectivity index (χ0n) is 11.5. The van der Waals surface area contributed by atoms with Gasteiger partial charge in [0.05, 0.1) is 4.92 Å². The fourth-order valence-corrected chi connectivity index (χ4v) is 2.91. The van der Waals surface area contributed by atoms with Crippen molar-refractivity contribution in [3.63, 3.8) is 0 Å². The molecule has 0 aromatic heterocycles. The van der Waals surface area contributed by atoms with E-state index in [4.69, 9.17) is 12.2 Å². The molecule has 20 heavy (non-hydrogen) atoms. The summed E-state index contributed by atoms with van der Waals surface area (Å²) in [5.74, 6) is 0. The first kappa shape index (κ1) is 14.7. The molecule has 108 valence electrons. The van der Waals surface area contributed by atoms with Crippen molar-refractivity contribution in [2.75, 3.05) is 11.9 Å². The zero-order chi connectivity index (χ0) is 14.5. The first-order chi connectivity index (χ1) is 9.61. The van der Waals surface area contributed by atoms with Crippen LogP contribution < -0.4 is 5.32 Å². The highest BCUT2D eigenvalue weighted by atomic mass is 32.1. The highest BCUT2D eigenvalue weighted by molar-refractivity contribution is 7.80. The van der Waals surface area contributed by atoms with Crippen LogP contribution in [0.5, 0.6) is 0 Å². The third-order valence-corrected chi connectivity index (χ3v) is 4.03. The van der Waals surface area contributed by atoms with Crippen LogP contribution in [0.25, 0.3) is 0 Å². The average molecular weight is 293 g/mol. The van der Waals surface area contributed by atoms with E-state index in [-0.39, 0.29) is 5.69 Å². The summed E-state index contributed by atoms with van der Waals surface area (Å²) in [6.45, 7) is 3.16. The number of piperidine rings is 1. The quantitative estimate of drug-likeness (QED) is 0.524. The molecule has 0 bridgehead atoms.